The van der Waals surface area contributed by atoms with Gasteiger partial charge in [0.2, 0.25) is 5.95 Å². The van der Waals surface area contributed by atoms with Crippen LogP contribution in [-0.2, 0) is 0 Å². The Morgan fingerprint density at radius 3 is 2.36 bits per heavy atom. The summed E-state index contributed by atoms with van der Waals surface area (Å²) >= 11 is 0. The molecule has 0 spiro atoms. The molecule has 6 heteroatoms. The number of benzene rings is 1. The normalized spacial score (nSPS) is 11.1. The third kappa shape index (κ3) is 3.36. The molecular formula is C22H21N5O. The lowest BCUT2D eigenvalue weighted by atomic mass is 10.1. The van der Waals surface area contributed by atoms with Gasteiger partial charge in [0, 0.05) is 41.8 Å². The molecular weight excluding hydrogens is 350 g/mol. The van der Waals surface area contributed by atoms with Crippen LogP contribution < -0.4 is 10.9 Å². The fraction of sp³-hybridized carbons (Fsp3) is 0.182. The molecule has 0 saturated carbocycles. The van der Waals surface area contributed by atoms with E-state index < -0.39 is 0 Å². The fourth-order valence-electron chi connectivity index (χ4n) is 3.25. The van der Waals surface area contributed by atoms with Crippen LogP contribution in [0, 0.1) is 6.92 Å². The van der Waals surface area contributed by atoms with Crippen molar-refractivity contribution in [3.63, 3.8) is 0 Å². The average molecular weight is 371 g/mol. The van der Waals surface area contributed by atoms with Gasteiger partial charge in [-0.2, -0.15) is 4.98 Å². The molecule has 4 aromatic rings. The van der Waals surface area contributed by atoms with Crippen molar-refractivity contribution in [2.24, 2.45) is 0 Å². The highest BCUT2D eigenvalue weighted by Gasteiger charge is 2.12. The number of anilines is 2. The van der Waals surface area contributed by atoms with Gasteiger partial charge in [-0.25, -0.2) is 4.98 Å². The first kappa shape index (κ1) is 17.9. The highest BCUT2D eigenvalue weighted by Crippen LogP contribution is 2.23. The largest absolute Gasteiger partial charge is 0.324 e. The predicted octanol–water partition coefficient (Wildman–Crippen LogP) is 4.49. The van der Waals surface area contributed by atoms with Crippen LogP contribution in [0.1, 0.15) is 25.5 Å². The summed E-state index contributed by atoms with van der Waals surface area (Å²) in [5, 5.41) is 4.11. The van der Waals surface area contributed by atoms with Crippen LogP contribution in [-0.4, -0.2) is 19.5 Å². The molecule has 0 atom stereocenters. The van der Waals surface area contributed by atoms with Crippen molar-refractivity contribution in [2.45, 2.75) is 26.8 Å². The van der Waals surface area contributed by atoms with E-state index in [0.717, 1.165) is 27.8 Å². The first-order chi connectivity index (χ1) is 13.5. The molecule has 1 aromatic carbocycles. The average Bonchev–Trinajstić information content (AvgIpc) is 2.69. The molecule has 1 N–H and O–H groups in total. The minimum Gasteiger partial charge on any atom is -0.324 e. The van der Waals surface area contributed by atoms with Crippen LogP contribution in [0.25, 0.3) is 22.2 Å². The predicted molar refractivity (Wildman–Crippen MR) is 112 cm³/mol. The van der Waals surface area contributed by atoms with Crippen molar-refractivity contribution in [1.82, 2.24) is 19.5 Å². The Morgan fingerprint density at radius 1 is 1.00 bits per heavy atom. The Morgan fingerprint density at radius 2 is 1.68 bits per heavy atom. The second-order valence-corrected chi connectivity index (χ2v) is 7.00. The van der Waals surface area contributed by atoms with Gasteiger partial charge in [0.05, 0.1) is 0 Å². The van der Waals surface area contributed by atoms with Gasteiger partial charge in [-0.15, -0.1) is 0 Å². The maximum atomic E-state index is 12.4. The SMILES string of the molecule is Cc1cc(=O)n(C(C)C)c2nc(Nc3ccc(-c4ccncc4)cc3)ncc12. The van der Waals surface area contributed by atoms with Gasteiger partial charge in [0.1, 0.15) is 5.65 Å². The first-order valence-electron chi connectivity index (χ1n) is 9.19. The molecule has 0 aliphatic heterocycles. The van der Waals surface area contributed by atoms with E-state index in [4.69, 9.17) is 0 Å². The maximum absolute atomic E-state index is 12.4. The lowest BCUT2D eigenvalue weighted by Gasteiger charge is -2.15. The second-order valence-electron chi connectivity index (χ2n) is 7.00. The smallest absolute Gasteiger partial charge is 0.252 e. The standard InChI is InChI=1S/C22H21N5O/c1-14(2)27-20(28)12-15(3)19-13-24-22(26-21(19)27)25-18-6-4-16(5-7-18)17-8-10-23-11-9-17/h4-14H,1-3H3,(H,24,25,26). The Bertz CT molecular complexity index is 1180. The highest BCUT2D eigenvalue weighted by atomic mass is 16.1. The molecule has 140 valence electrons. The van der Waals surface area contributed by atoms with Gasteiger partial charge in [0.15, 0.2) is 0 Å². The lowest BCUT2D eigenvalue weighted by Crippen LogP contribution is -2.23. The Labute approximate surface area is 162 Å². The molecule has 0 saturated heterocycles. The van der Waals surface area contributed by atoms with E-state index in [0.29, 0.717) is 11.6 Å². The Kier molecular flexibility index (Phi) is 4.61. The summed E-state index contributed by atoms with van der Waals surface area (Å²) in [6, 6.07) is 13.6. The summed E-state index contributed by atoms with van der Waals surface area (Å²) < 4.78 is 1.70. The van der Waals surface area contributed by atoms with Gasteiger partial charge >= 0.3 is 0 Å². The quantitative estimate of drug-likeness (QED) is 0.572. The van der Waals surface area contributed by atoms with Crippen molar-refractivity contribution in [3.05, 3.63) is 77.0 Å². The van der Waals surface area contributed by atoms with Crippen LogP contribution in [0.5, 0.6) is 0 Å². The molecule has 6 nitrogen and oxygen atoms in total. The van der Waals surface area contributed by atoms with E-state index in [1.54, 1.807) is 29.2 Å². The summed E-state index contributed by atoms with van der Waals surface area (Å²) in [5.41, 5.74) is 4.57. The van der Waals surface area contributed by atoms with E-state index in [2.05, 4.69) is 20.3 Å². The molecule has 0 aliphatic carbocycles. The zero-order valence-electron chi connectivity index (χ0n) is 16.0. The molecule has 3 heterocycles. The zero-order valence-corrected chi connectivity index (χ0v) is 16.0. The zero-order chi connectivity index (χ0) is 19.7. The fourth-order valence-corrected chi connectivity index (χ4v) is 3.25. The van der Waals surface area contributed by atoms with Crippen LogP contribution >= 0.6 is 0 Å². The van der Waals surface area contributed by atoms with E-state index >= 15 is 0 Å². The number of nitrogens with one attached hydrogen (secondary N) is 1. The number of pyridine rings is 2. The molecule has 0 amide bonds. The van der Waals surface area contributed by atoms with E-state index in [1.165, 1.54) is 0 Å². The minimum atomic E-state index is -0.0497. The Balaban J connectivity index is 1.68. The van der Waals surface area contributed by atoms with Crippen molar-refractivity contribution in [2.75, 3.05) is 5.32 Å². The third-order valence-electron chi connectivity index (χ3n) is 4.67. The van der Waals surface area contributed by atoms with Gasteiger partial charge in [-0.1, -0.05) is 12.1 Å². The van der Waals surface area contributed by atoms with Crippen LogP contribution in [0.3, 0.4) is 0 Å². The number of aryl methyl sites for hydroxylation is 1. The highest BCUT2D eigenvalue weighted by molar-refractivity contribution is 5.79. The summed E-state index contributed by atoms with van der Waals surface area (Å²) in [4.78, 5) is 25.5. The van der Waals surface area contributed by atoms with Gasteiger partial charge in [-0.3, -0.25) is 14.3 Å². The first-order valence-corrected chi connectivity index (χ1v) is 9.19. The third-order valence-corrected chi connectivity index (χ3v) is 4.67. The molecule has 0 radical (unpaired) electrons. The van der Waals surface area contributed by atoms with Crippen LogP contribution in [0.4, 0.5) is 11.6 Å². The molecule has 0 fully saturated rings. The monoisotopic (exact) mass is 371 g/mol. The number of rotatable bonds is 4. The number of fused-ring (bicyclic) bond motifs is 1. The van der Waals surface area contributed by atoms with Gasteiger partial charge < -0.3 is 5.32 Å². The molecule has 0 bridgehead atoms. The molecule has 3 aromatic heterocycles. The van der Waals surface area contributed by atoms with E-state index in [1.807, 2.05) is 57.2 Å². The summed E-state index contributed by atoms with van der Waals surface area (Å²) in [6.45, 7) is 5.86. The summed E-state index contributed by atoms with van der Waals surface area (Å²) in [6.07, 6.45) is 5.32. The lowest BCUT2D eigenvalue weighted by molar-refractivity contribution is 0.594. The van der Waals surface area contributed by atoms with Gasteiger partial charge in [0.25, 0.3) is 5.56 Å². The summed E-state index contributed by atoms with van der Waals surface area (Å²) in [7, 11) is 0. The molecule has 0 unspecified atom stereocenters. The van der Waals surface area contributed by atoms with Crippen LogP contribution in [0.15, 0.2) is 65.8 Å². The van der Waals surface area contributed by atoms with E-state index in [9.17, 15) is 4.79 Å². The molecule has 4 rings (SSSR count). The Hall–Kier alpha value is -3.54. The minimum absolute atomic E-state index is 0.0120. The number of hydrogen-bond donors (Lipinski definition) is 1. The number of aromatic nitrogens is 4. The number of nitrogens with zero attached hydrogens (tertiary/aromatic N) is 4. The summed E-state index contributed by atoms with van der Waals surface area (Å²) in [5.74, 6) is 0.462. The second kappa shape index (κ2) is 7.23. The van der Waals surface area contributed by atoms with Crippen molar-refractivity contribution in [1.29, 1.82) is 0 Å². The molecule has 28 heavy (non-hydrogen) atoms. The number of hydrogen-bond acceptors (Lipinski definition) is 5. The van der Waals surface area contributed by atoms with Crippen LogP contribution in [0.2, 0.25) is 0 Å². The van der Waals surface area contributed by atoms with Crippen molar-refractivity contribution >= 4 is 22.7 Å². The van der Waals surface area contributed by atoms with E-state index in [-0.39, 0.29) is 11.6 Å². The molecule has 0 aliphatic rings. The topological polar surface area (TPSA) is 72.7 Å². The van der Waals surface area contributed by atoms with Crippen molar-refractivity contribution in [3.8, 4) is 11.1 Å². The van der Waals surface area contributed by atoms with Crippen molar-refractivity contribution < 1.29 is 0 Å². The maximum Gasteiger partial charge on any atom is 0.252 e. The van der Waals surface area contributed by atoms with Gasteiger partial charge in [-0.05, 0) is 61.7 Å².